The van der Waals surface area contributed by atoms with Gasteiger partial charge in [-0.1, -0.05) is 0 Å². The fourth-order valence-electron chi connectivity index (χ4n) is 1.57. The van der Waals surface area contributed by atoms with Gasteiger partial charge in [-0.25, -0.2) is 9.37 Å². The maximum absolute atomic E-state index is 13.2. The van der Waals surface area contributed by atoms with Crippen LogP contribution in [0, 0.1) is 5.82 Å². The molecule has 0 atom stereocenters. The Morgan fingerprint density at radius 2 is 2.21 bits per heavy atom. The Morgan fingerprint density at radius 3 is 2.93 bits per heavy atom. The van der Waals surface area contributed by atoms with Crippen molar-refractivity contribution in [1.29, 1.82) is 0 Å². The molecule has 1 N–H and O–H groups in total. The number of benzene rings is 1. The first-order valence-electron chi connectivity index (χ1n) is 4.59. The number of aromatic nitrogens is 2. The summed E-state index contributed by atoms with van der Waals surface area (Å²) in [4.78, 5) is 7.58. The van der Waals surface area contributed by atoms with Gasteiger partial charge in [-0.15, -0.1) is 0 Å². The van der Waals surface area contributed by atoms with Crippen molar-refractivity contribution >= 4 is 27.0 Å². The third-order valence-electron chi connectivity index (χ3n) is 2.51. The molecule has 0 spiro atoms. The summed E-state index contributed by atoms with van der Waals surface area (Å²) in [7, 11) is 0. The lowest BCUT2D eigenvalue weighted by Crippen LogP contribution is -1.79. The summed E-state index contributed by atoms with van der Waals surface area (Å²) in [5.74, 6) is 1.32. The Morgan fingerprint density at radius 1 is 1.43 bits per heavy atom. The minimum absolute atomic E-state index is 0.247. The van der Waals surface area contributed by atoms with Crippen molar-refractivity contribution in [2.24, 2.45) is 0 Å². The van der Waals surface area contributed by atoms with Gasteiger partial charge in [-0.2, -0.15) is 0 Å². The van der Waals surface area contributed by atoms with Gasteiger partial charge in [0.1, 0.15) is 11.6 Å². The summed E-state index contributed by atoms with van der Waals surface area (Å²) in [5.41, 5.74) is 1.62. The van der Waals surface area contributed by atoms with Crippen LogP contribution in [-0.2, 0) is 0 Å². The molecule has 0 amide bonds. The Hall–Kier alpha value is -0.900. The predicted molar refractivity (Wildman–Crippen MR) is 55.7 cm³/mol. The smallest absolute Gasteiger partial charge is 0.139 e. The predicted octanol–water partition coefficient (Wildman–Crippen LogP) is 3.34. The van der Waals surface area contributed by atoms with Gasteiger partial charge in [0.05, 0.1) is 15.5 Å². The Labute approximate surface area is 88.7 Å². The molecule has 2 aromatic rings. The van der Waals surface area contributed by atoms with Crippen LogP contribution in [0.3, 0.4) is 0 Å². The van der Waals surface area contributed by atoms with Crippen molar-refractivity contribution in [3.8, 4) is 0 Å². The third-order valence-corrected chi connectivity index (χ3v) is 3.11. The van der Waals surface area contributed by atoms with Gasteiger partial charge in [-0.3, -0.25) is 0 Å². The highest BCUT2D eigenvalue weighted by Crippen LogP contribution is 2.39. The molecular formula is C10H8BrFN2. The number of aromatic amines is 1. The van der Waals surface area contributed by atoms with Crippen LogP contribution in [0.25, 0.3) is 11.0 Å². The van der Waals surface area contributed by atoms with Gasteiger partial charge in [-0.05, 0) is 34.8 Å². The molecule has 1 saturated carbocycles. The van der Waals surface area contributed by atoms with E-state index >= 15 is 0 Å². The second-order valence-electron chi connectivity index (χ2n) is 3.68. The Balaban J connectivity index is 2.22. The maximum atomic E-state index is 13.2. The highest BCUT2D eigenvalue weighted by atomic mass is 79.9. The average Bonchev–Trinajstić information content (AvgIpc) is 2.90. The van der Waals surface area contributed by atoms with Crippen molar-refractivity contribution in [2.45, 2.75) is 18.8 Å². The summed E-state index contributed by atoms with van der Waals surface area (Å²) in [6, 6.07) is 3.20. The monoisotopic (exact) mass is 254 g/mol. The summed E-state index contributed by atoms with van der Waals surface area (Å²) in [5, 5.41) is 0. The summed E-state index contributed by atoms with van der Waals surface area (Å²) < 4.78 is 13.7. The summed E-state index contributed by atoms with van der Waals surface area (Å²) in [6.45, 7) is 0. The van der Waals surface area contributed by atoms with E-state index in [1.54, 1.807) is 6.07 Å². The van der Waals surface area contributed by atoms with Crippen LogP contribution in [0.5, 0.6) is 0 Å². The number of imidazole rings is 1. The van der Waals surface area contributed by atoms with Crippen molar-refractivity contribution in [2.75, 3.05) is 0 Å². The molecule has 0 saturated heterocycles. The van der Waals surface area contributed by atoms with E-state index in [1.165, 1.54) is 18.9 Å². The summed E-state index contributed by atoms with van der Waals surface area (Å²) >= 11 is 3.15. The van der Waals surface area contributed by atoms with E-state index in [0.29, 0.717) is 10.4 Å². The van der Waals surface area contributed by atoms with Crippen molar-refractivity contribution in [3.05, 3.63) is 28.2 Å². The lowest BCUT2D eigenvalue weighted by atomic mass is 10.3. The second-order valence-corrected chi connectivity index (χ2v) is 4.53. The average molecular weight is 255 g/mol. The summed E-state index contributed by atoms with van der Waals surface area (Å²) in [6.07, 6.45) is 2.40. The standard InChI is InChI=1S/C10H8BrFN2/c11-6-3-8-9(4-7(6)12)14-10(13-8)5-1-2-5/h3-5H,1-2H2,(H,13,14). The molecule has 0 bridgehead atoms. The molecule has 4 heteroatoms. The number of fused-ring (bicyclic) bond motifs is 1. The van der Waals surface area contributed by atoms with Gasteiger partial charge >= 0.3 is 0 Å². The quantitative estimate of drug-likeness (QED) is 0.831. The van der Waals surface area contributed by atoms with Gasteiger partial charge in [0.25, 0.3) is 0 Å². The SMILES string of the molecule is Fc1cc2[nH]c(C3CC3)nc2cc1Br. The topological polar surface area (TPSA) is 28.7 Å². The molecule has 0 aliphatic heterocycles. The first-order valence-corrected chi connectivity index (χ1v) is 5.38. The van der Waals surface area contributed by atoms with Crippen LogP contribution in [0.15, 0.2) is 16.6 Å². The van der Waals surface area contributed by atoms with E-state index in [9.17, 15) is 4.39 Å². The number of nitrogens with zero attached hydrogens (tertiary/aromatic N) is 1. The van der Waals surface area contributed by atoms with Gasteiger partial charge in [0, 0.05) is 12.0 Å². The third kappa shape index (κ3) is 1.25. The molecule has 1 heterocycles. The molecule has 1 aromatic heterocycles. The van der Waals surface area contributed by atoms with E-state index in [2.05, 4.69) is 25.9 Å². The number of halogens is 2. The molecule has 0 radical (unpaired) electrons. The number of hydrogen-bond donors (Lipinski definition) is 1. The lowest BCUT2D eigenvalue weighted by Gasteiger charge is -1.92. The van der Waals surface area contributed by atoms with Crippen LogP contribution in [0.2, 0.25) is 0 Å². The largest absolute Gasteiger partial charge is 0.342 e. The molecule has 1 aliphatic rings. The second kappa shape index (κ2) is 2.79. The zero-order valence-corrected chi connectivity index (χ0v) is 8.94. The Bertz CT molecular complexity index is 463. The highest BCUT2D eigenvalue weighted by Gasteiger charge is 2.26. The minimum Gasteiger partial charge on any atom is -0.342 e. The van der Waals surface area contributed by atoms with E-state index in [-0.39, 0.29) is 5.82 Å². The van der Waals surface area contributed by atoms with Crippen molar-refractivity contribution in [3.63, 3.8) is 0 Å². The fourth-order valence-corrected chi connectivity index (χ4v) is 1.91. The van der Waals surface area contributed by atoms with Crippen LogP contribution < -0.4 is 0 Å². The highest BCUT2D eigenvalue weighted by molar-refractivity contribution is 9.10. The molecule has 1 aromatic carbocycles. The zero-order chi connectivity index (χ0) is 9.71. The first kappa shape index (κ1) is 8.41. The van der Waals surface area contributed by atoms with E-state index in [1.807, 2.05) is 0 Å². The molecule has 72 valence electrons. The molecular weight excluding hydrogens is 247 g/mol. The minimum atomic E-state index is -0.247. The normalized spacial score (nSPS) is 16.4. The van der Waals surface area contributed by atoms with Gasteiger partial charge < -0.3 is 4.98 Å². The van der Waals surface area contributed by atoms with E-state index in [0.717, 1.165) is 16.9 Å². The zero-order valence-electron chi connectivity index (χ0n) is 7.35. The van der Waals surface area contributed by atoms with Gasteiger partial charge in [0.15, 0.2) is 0 Å². The number of nitrogens with one attached hydrogen (secondary N) is 1. The Kier molecular flexibility index (Phi) is 1.68. The van der Waals surface area contributed by atoms with Crippen LogP contribution >= 0.6 is 15.9 Å². The van der Waals surface area contributed by atoms with Crippen LogP contribution in [-0.4, -0.2) is 9.97 Å². The molecule has 2 nitrogen and oxygen atoms in total. The fraction of sp³-hybridized carbons (Fsp3) is 0.300. The molecule has 14 heavy (non-hydrogen) atoms. The van der Waals surface area contributed by atoms with Crippen LogP contribution in [0.4, 0.5) is 4.39 Å². The lowest BCUT2D eigenvalue weighted by molar-refractivity contribution is 0.623. The molecule has 1 fully saturated rings. The number of rotatable bonds is 1. The number of hydrogen-bond acceptors (Lipinski definition) is 1. The molecule has 1 aliphatic carbocycles. The van der Waals surface area contributed by atoms with Gasteiger partial charge in [0.2, 0.25) is 0 Å². The molecule has 3 rings (SSSR count). The maximum Gasteiger partial charge on any atom is 0.139 e. The first-order chi connectivity index (χ1) is 6.74. The van der Waals surface area contributed by atoms with E-state index < -0.39 is 0 Å². The molecule has 0 unspecified atom stereocenters. The van der Waals surface area contributed by atoms with E-state index in [4.69, 9.17) is 0 Å². The number of H-pyrrole nitrogens is 1. The van der Waals surface area contributed by atoms with Crippen molar-refractivity contribution in [1.82, 2.24) is 9.97 Å². The van der Waals surface area contributed by atoms with Crippen LogP contribution in [0.1, 0.15) is 24.6 Å². The van der Waals surface area contributed by atoms with Crippen molar-refractivity contribution < 1.29 is 4.39 Å².